The molecular formula is C32H26N2O5. The first-order valence-electron chi connectivity index (χ1n) is 12.8. The van der Waals surface area contributed by atoms with Gasteiger partial charge < -0.3 is 14.3 Å². The highest BCUT2D eigenvalue weighted by Gasteiger charge is 2.51. The van der Waals surface area contributed by atoms with Crippen molar-refractivity contribution < 1.29 is 23.8 Å². The molecule has 39 heavy (non-hydrogen) atoms. The van der Waals surface area contributed by atoms with E-state index in [1.54, 1.807) is 12.3 Å². The molecule has 0 bridgehead atoms. The normalized spacial score (nSPS) is 14.5. The molecule has 0 saturated heterocycles. The maximum Gasteiger partial charge on any atom is 0.412 e. The number of nitrogens with one attached hydrogen (secondary N) is 1. The Kier molecular flexibility index (Phi) is 6.11. The molecule has 1 saturated carbocycles. The largest absolute Gasteiger partial charge is 0.481 e. The van der Waals surface area contributed by atoms with Gasteiger partial charge in [0.2, 0.25) is 5.71 Å². The summed E-state index contributed by atoms with van der Waals surface area (Å²) in [6.07, 6.45) is 1.97. The maximum absolute atomic E-state index is 12.9. The lowest BCUT2D eigenvalue weighted by atomic mass is 9.93. The van der Waals surface area contributed by atoms with Crippen LogP contribution in [0.15, 0.2) is 102 Å². The molecule has 0 unspecified atom stereocenters. The van der Waals surface area contributed by atoms with E-state index in [0.717, 1.165) is 27.8 Å². The third kappa shape index (κ3) is 4.63. The van der Waals surface area contributed by atoms with E-state index in [1.807, 2.05) is 91.9 Å². The Morgan fingerprint density at radius 1 is 0.897 bits per heavy atom. The fraction of sp³-hybridized carbons (Fsp3) is 0.156. The van der Waals surface area contributed by atoms with Gasteiger partial charge in [-0.3, -0.25) is 10.1 Å². The monoisotopic (exact) mass is 518 g/mol. The fourth-order valence-corrected chi connectivity index (χ4v) is 4.89. The molecule has 1 aliphatic rings. The number of carbonyl (C=O) groups excluding carboxylic acids is 1. The molecule has 7 nitrogen and oxygen atoms in total. The Morgan fingerprint density at radius 3 is 2.18 bits per heavy atom. The number of furan rings is 1. The zero-order valence-electron chi connectivity index (χ0n) is 21.3. The Balaban J connectivity index is 1.25. The summed E-state index contributed by atoms with van der Waals surface area (Å²) in [5, 5.41) is 13.1. The van der Waals surface area contributed by atoms with Crippen LogP contribution in [0.25, 0.3) is 33.6 Å². The highest BCUT2D eigenvalue weighted by molar-refractivity contribution is 6.03. The van der Waals surface area contributed by atoms with Gasteiger partial charge in [0, 0.05) is 11.8 Å². The lowest BCUT2D eigenvalue weighted by Crippen LogP contribution is -2.19. The molecule has 1 atom stereocenters. The van der Waals surface area contributed by atoms with Crippen molar-refractivity contribution in [3.63, 3.8) is 0 Å². The highest BCUT2D eigenvalue weighted by Crippen LogP contribution is 2.48. The quantitative estimate of drug-likeness (QED) is 0.230. The third-order valence-electron chi connectivity index (χ3n) is 7.32. The standard InChI is InChI=1S/C32H26N2O5/c1-20(21-6-3-2-4-7-21)38-31(37)34-27-26-8-5-19-33-29(26)39-28(27)24-11-9-22(10-12-24)23-13-15-25(16-14-23)32(17-18-32)30(35)36/h2-16,19-20H,17-18H2,1H3,(H,34,37)(H,35,36)/t20-/m1/s1. The Labute approximate surface area is 225 Å². The minimum Gasteiger partial charge on any atom is -0.481 e. The summed E-state index contributed by atoms with van der Waals surface area (Å²) in [6, 6.07) is 28.6. The molecule has 0 aliphatic heterocycles. The van der Waals surface area contributed by atoms with Crippen LogP contribution < -0.4 is 5.32 Å². The van der Waals surface area contributed by atoms with E-state index in [9.17, 15) is 14.7 Å². The molecule has 3 aromatic carbocycles. The van der Waals surface area contributed by atoms with Gasteiger partial charge in [-0.15, -0.1) is 0 Å². The number of hydrogen-bond donors (Lipinski definition) is 2. The smallest absolute Gasteiger partial charge is 0.412 e. The van der Waals surface area contributed by atoms with Gasteiger partial charge in [0.25, 0.3) is 0 Å². The second-order valence-electron chi connectivity index (χ2n) is 9.79. The first-order valence-corrected chi connectivity index (χ1v) is 12.8. The number of rotatable bonds is 7. The Morgan fingerprint density at radius 2 is 1.54 bits per heavy atom. The van der Waals surface area contributed by atoms with Crippen LogP contribution in [-0.2, 0) is 14.9 Å². The summed E-state index contributed by atoms with van der Waals surface area (Å²) in [5.74, 6) is -0.283. The van der Waals surface area contributed by atoms with Crippen LogP contribution in [-0.4, -0.2) is 22.2 Å². The first kappa shape index (κ1) is 24.4. The third-order valence-corrected chi connectivity index (χ3v) is 7.32. The zero-order chi connectivity index (χ0) is 27.0. The predicted octanol–water partition coefficient (Wildman–Crippen LogP) is 7.59. The van der Waals surface area contributed by atoms with Crippen molar-refractivity contribution in [3.05, 3.63) is 108 Å². The van der Waals surface area contributed by atoms with Crippen LogP contribution in [0.3, 0.4) is 0 Å². The number of ether oxygens (including phenoxy) is 1. The average Bonchev–Trinajstić information content (AvgIpc) is 3.71. The topological polar surface area (TPSA) is 102 Å². The number of hydrogen-bond acceptors (Lipinski definition) is 5. The SMILES string of the molecule is C[C@@H](OC(=O)Nc1c(-c2ccc(-c3ccc(C4(C(=O)O)CC4)cc3)cc2)oc2ncccc12)c1ccccc1. The van der Waals surface area contributed by atoms with Crippen LogP contribution in [0.4, 0.5) is 10.5 Å². The Bertz CT molecular complexity index is 1650. The van der Waals surface area contributed by atoms with E-state index in [1.165, 1.54) is 0 Å². The molecule has 5 aromatic rings. The lowest BCUT2D eigenvalue weighted by Gasteiger charge is -2.14. The summed E-state index contributed by atoms with van der Waals surface area (Å²) in [5.41, 5.74) is 4.64. The average molecular weight is 519 g/mol. The summed E-state index contributed by atoms with van der Waals surface area (Å²) in [6.45, 7) is 1.82. The van der Waals surface area contributed by atoms with Gasteiger partial charge in [0.15, 0.2) is 5.76 Å². The van der Waals surface area contributed by atoms with Gasteiger partial charge >= 0.3 is 12.1 Å². The number of carbonyl (C=O) groups is 2. The fourth-order valence-electron chi connectivity index (χ4n) is 4.89. The second-order valence-corrected chi connectivity index (χ2v) is 9.79. The van der Waals surface area contributed by atoms with Crippen LogP contribution in [0, 0.1) is 0 Å². The molecule has 0 radical (unpaired) electrons. The van der Waals surface area contributed by atoms with Crippen LogP contribution >= 0.6 is 0 Å². The van der Waals surface area contributed by atoms with E-state index in [2.05, 4.69) is 10.3 Å². The van der Waals surface area contributed by atoms with E-state index >= 15 is 0 Å². The maximum atomic E-state index is 12.9. The number of anilines is 1. The molecule has 7 heteroatoms. The first-order chi connectivity index (χ1) is 18.9. The molecule has 2 N–H and O–H groups in total. The molecule has 1 fully saturated rings. The minimum absolute atomic E-state index is 0.408. The van der Waals surface area contributed by atoms with Gasteiger partial charge in [-0.05, 0) is 54.2 Å². The molecule has 2 aromatic heterocycles. The van der Waals surface area contributed by atoms with Crippen molar-refractivity contribution in [2.24, 2.45) is 0 Å². The summed E-state index contributed by atoms with van der Waals surface area (Å²) < 4.78 is 11.7. The summed E-state index contributed by atoms with van der Waals surface area (Å²) in [7, 11) is 0. The van der Waals surface area contributed by atoms with Gasteiger partial charge in [0.1, 0.15) is 11.8 Å². The van der Waals surface area contributed by atoms with E-state index in [-0.39, 0.29) is 0 Å². The summed E-state index contributed by atoms with van der Waals surface area (Å²) >= 11 is 0. The Hall–Kier alpha value is -4.91. The number of aromatic nitrogens is 1. The number of nitrogens with zero attached hydrogens (tertiary/aromatic N) is 1. The van der Waals surface area contributed by atoms with Crippen molar-refractivity contribution in [2.45, 2.75) is 31.3 Å². The van der Waals surface area contributed by atoms with Crippen molar-refractivity contribution >= 4 is 28.8 Å². The number of amides is 1. The minimum atomic E-state index is -0.761. The van der Waals surface area contributed by atoms with E-state index < -0.39 is 23.6 Å². The van der Waals surface area contributed by atoms with Crippen molar-refractivity contribution in [1.29, 1.82) is 0 Å². The van der Waals surface area contributed by atoms with Crippen LogP contribution in [0.1, 0.15) is 37.0 Å². The number of benzene rings is 3. The van der Waals surface area contributed by atoms with Gasteiger partial charge in [-0.25, -0.2) is 9.78 Å². The van der Waals surface area contributed by atoms with E-state index in [4.69, 9.17) is 9.15 Å². The van der Waals surface area contributed by atoms with Gasteiger partial charge in [-0.2, -0.15) is 0 Å². The van der Waals surface area contributed by atoms with Gasteiger partial charge in [-0.1, -0.05) is 78.9 Å². The number of aliphatic carboxylic acids is 1. The lowest BCUT2D eigenvalue weighted by molar-refractivity contribution is -0.140. The van der Waals surface area contributed by atoms with Crippen molar-refractivity contribution in [2.75, 3.05) is 5.32 Å². The number of carboxylic acid groups (broad SMARTS) is 1. The summed E-state index contributed by atoms with van der Waals surface area (Å²) in [4.78, 5) is 28.8. The molecule has 1 amide bonds. The zero-order valence-corrected chi connectivity index (χ0v) is 21.3. The molecule has 0 spiro atoms. The van der Waals surface area contributed by atoms with Crippen LogP contribution in [0.5, 0.6) is 0 Å². The molecular weight excluding hydrogens is 492 g/mol. The number of carboxylic acids is 1. The molecule has 194 valence electrons. The highest BCUT2D eigenvalue weighted by atomic mass is 16.6. The molecule has 2 heterocycles. The van der Waals surface area contributed by atoms with Crippen molar-refractivity contribution in [1.82, 2.24) is 4.98 Å². The molecule has 1 aliphatic carbocycles. The molecule has 6 rings (SSSR count). The van der Waals surface area contributed by atoms with Crippen molar-refractivity contribution in [3.8, 4) is 22.5 Å². The van der Waals surface area contributed by atoms with Crippen LogP contribution in [0.2, 0.25) is 0 Å². The van der Waals surface area contributed by atoms with Gasteiger partial charge in [0.05, 0.1) is 10.8 Å². The van der Waals surface area contributed by atoms with E-state index in [0.29, 0.717) is 35.4 Å². The second kappa shape index (κ2) is 9.76. The number of pyridine rings is 1. The number of fused-ring (bicyclic) bond motifs is 1. The predicted molar refractivity (Wildman–Crippen MR) is 148 cm³/mol.